The molecule has 2 heterocycles. The molecule has 4 rings (SSSR count). The average Bonchev–Trinajstić information content (AvgIpc) is 3.23. The fourth-order valence-corrected chi connectivity index (χ4v) is 3.72. The first kappa shape index (κ1) is 20.9. The van der Waals surface area contributed by atoms with Crippen LogP contribution in [0.2, 0.25) is 5.02 Å². The number of rotatable bonds is 6. The second-order valence-corrected chi connectivity index (χ2v) is 7.63. The number of hydrogen-bond acceptors (Lipinski definition) is 7. The van der Waals surface area contributed by atoms with Crippen LogP contribution in [0.1, 0.15) is 17.1 Å². The highest BCUT2D eigenvalue weighted by Gasteiger charge is 2.25. The number of para-hydroxylation sites is 2. The first-order valence-corrected chi connectivity index (χ1v) is 10.4. The average molecular weight is 439 g/mol. The number of methoxy groups -OCH3 is 1. The topological polar surface area (TPSA) is 74.8 Å². The van der Waals surface area contributed by atoms with Crippen molar-refractivity contribution in [1.29, 1.82) is 5.26 Å². The van der Waals surface area contributed by atoms with Crippen molar-refractivity contribution in [3.8, 4) is 17.6 Å². The molecule has 0 spiro atoms. The van der Waals surface area contributed by atoms with E-state index < -0.39 is 0 Å². The minimum atomic E-state index is 0.136. The molecule has 0 amide bonds. The van der Waals surface area contributed by atoms with E-state index in [9.17, 15) is 5.26 Å². The summed E-state index contributed by atoms with van der Waals surface area (Å²) in [4.78, 5) is 8.63. The van der Waals surface area contributed by atoms with E-state index in [-0.39, 0.29) is 12.3 Å². The van der Waals surface area contributed by atoms with Crippen molar-refractivity contribution >= 4 is 23.2 Å². The summed E-state index contributed by atoms with van der Waals surface area (Å²) >= 11 is 6.05. The fourth-order valence-electron chi connectivity index (χ4n) is 3.60. The molecule has 31 heavy (non-hydrogen) atoms. The number of anilines is 2. The Hall–Kier alpha value is -3.37. The molecule has 1 aromatic heterocycles. The number of aromatic nitrogens is 1. The van der Waals surface area contributed by atoms with Gasteiger partial charge in [0.25, 0.3) is 0 Å². The molecule has 1 aliphatic rings. The molecule has 0 N–H and O–H groups in total. The molecule has 7 nitrogen and oxygen atoms in total. The van der Waals surface area contributed by atoms with Crippen molar-refractivity contribution < 1.29 is 13.9 Å². The van der Waals surface area contributed by atoms with Crippen molar-refractivity contribution in [2.24, 2.45) is 0 Å². The highest BCUT2D eigenvalue weighted by molar-refractivity contribution is 6.31. The van der Waals surface area contributed by atoms with Crippen LogP contribution in [-0.4, -0.2) is 38.3 Å². The Morgan fingerprint density at radius 2 is 1.87 bits per heavy atom. The minimum absolute atomic E-state index is 0.136. The molecule has 0 atom stereocenters. The lowest BCUT2D eigenvalue weighted by molar-refractivity contribution is 0.263. The monoisotopic (exact) mass is 438 g/mol. The van der Waals surface area contributed by atoms with E-state index in [0.717, 1.165) is 30.1 Å². The highest BCUT2D eigenvalue weighted by atomic mass is 35.5. The molecule has 0 bridgehead atoms. The number of nitriles is 1. The summed E-state index contributed by atoms with van der Waals surface area (Å²) in [5.74, 6) is 2.38. The first-order chi connectivity index (χ1) is 15.1. The summed E-state index contributed by atoms with van der Waals surface area (Å²) in [5.41, 5.74) is 2.27. The zero-order chi connectivity index (χ0) is 21.8. The number of halogens is 1. The second-order valence-electron chi connectivity index (χ2n) is 7.22. The Morgan fingerprint density at radius 3 is 2.58 bits per heavy atom. The van der Waals surface area contributed by atoms with Crippen LogP contribution < -0.4 is 19.3 Å². The summed E-state index contributed by atoms with van der Waals surface area (Å²) in [6.07, 6.45) is 0. The van der Waals surface area contributed by atoms with E-state index in [1.807, 2.05) is 36.1 Å². The van der Waals surface area contributed by atoms with E-state index in [0.29, 0.717) is 35.6 Å². The summed E-state index contributed by atoms with van der Waals surface area (Å²) in [5, 5.41) is 10.2. The van der Waals surface area contributed by atoms with E-state index in [1.54, 1.807) is 19.2 Å². The second kappa shape index (κ2) is 9.19. The van der Waals surface area contributed by atoms with Crippen molar-refractivity contribution in [3.63, 3.8) is 0 Å². The van der Waals surface area contributed by atoms with Crippen LogP contribution in [0, 0.1) is 18.3 Å². The molecule has 3 aromatic rings. The summed E-state index contributed by atoms with van der Waals surface area (Å²) in [6.45, 7) is 5.02. The Bertz CT molecular complexity index is 1100. The normalized spacial score (nSPS) is 13.7. The van der Waals surface area contributed by atoms with Crippen molar-refractivity contribution in [1.82, 2.24) is 4.98 Å². The number of hydrogen-bond donors (Lipinski definition) is 0. The quantitative estimate of drug-likeness (QED) is 0.563. The lowest BCUT2D eigenvalue weighted by Gasteiger charge is -2.36. The molecule has 0 saturated carbocycles. The number of ether oxygens (including phenoxy) is 2. The summed E-state index contributed by atoms with van der Waals surface area (Å²) < 4.78 is 17.1. The number of nitrogens with zero attached hydrogens (tertiary/aromatic N) is 4. The van der Waals surface area contributed by atoms with Gasteiger partial charge in [-0.05, 0) is 42.8 Å². The maximum Gasteiger partial charge on any atom is 0.236 e. The van der Waals surface area contributed by atoms with Gasteiger partial charge in [0.1, 0.15) is 17.6 Å². The molecule has 0 unspecified atom stereocenters. The van der Waals surface area contributed by atoms with Gasteiger partial charge < -0.3 is 23.7 Å². The van der Waals surface area contributed by atoms with Crippen LogP contribution in [0.15, 0.2) is 46.9 Å². The van der Waals surface area contributed by atoms with Gasteiger partial charge >= 0.3 is 0 Å². The number of aryl methyl sites for hydroxylation is 1. The number of oxazole rings is 1. The van der Waals surface area contributed by atoms with E-state index in [1.165, 1.54) is 0 Å². The smallest absolute Gasteiger partial charge is 0.236 e. The van der Waals surface area contributed by atoms with Gasteiger partial charge in [-0.15, -0.1) is 0 Å². The van der Waals surface area contributed by atoms with Crippen LogP contribution in [0.25, 0.3) is 0 Å². The first-order valence-electron chi connectivity index (χ1n) is 10.0. The van der Waals surface area contributed by atoms with Crippen molar-refractivity contribution in [2.75, 3.05) is 43.1 Å². The van der Waals surface area contributed by atoms with E-state index in [2.05, 4.69) is 22.0 Å². The van der Waals surface area contributed by atoms with Gasteiger partial charge in [0.2, 0.25) is 17.5 Å². The molecule has 2 aromatic carbocycles. The van der Waals surface area contributed by atoms with Crippen LogP contribution in [0.3, 0.4) is 0 Å². The van der Waals surface area contributed by atoms with Crippen LogP contribution >= 0.6 is 11.6 Å². The molecule has 0 aliphatic carbocycles. The molecular weight excluding hydrogens is 416 g/mol. The predicted octanol–water partition coefficient (Wildman–Crippen LogP) is 4.42. The third-order valence-electron chi connectivity index (χ3n) is 5.24. The van der Waals surface area contributed by atoms with E-state index in [4.69, 9.17) is 25.5 Å². The van der Waals surface area contributed by atoms with Gasteiger partial charge in [-0.1, -0.05) is 23.7 Å². The summed E-state index contributed by atoms with van der Waals surface area (Å²) in [6, 6.07) is 15.5. The lowest BCUT2D eigenvalue weighted by atomic mass is 10.2. The molecule has 1 fully saturated rings. The molecular formula is C23H23ClN4O3. The molecule has 1 saturated heterocycles. The highest BCUT2D eigenvalue weighted by Crippen LogP contribution is 2.30. The van der Waals surface area contributed by atoms with Crippen molar-refractivity contribution in [3.05, 3.63) is 64.6 Å². The zero-order valence-electron chi connectivity index (χ0n) is 17.5. The van der Waals surface area contributed by atoms with Gasteiger partial charge in [0.05, 0.1) is 12.8 Å². The standard InChI is InChI=1S/C23H23ClN4O3/c1-16-13-17(7-8-18(16)24)30-15-22-26-19(14-25)23(31-22)28-11-9-27(10-12-28)20-5-3-4-6-21(20)29-2/h3-8,13H,9-12,15H2,1-2H3. The van der Waals surface area contributed by atoms with Gasteiger partial charge in [0, 0.05) is 31.2 Å². The maximum absolute atomic E-state index is 9.53. The van der Waals surface area contributed by atoms with E-state index >= 15 is 0 Å². The Labute approximate surface area is 186 Å². The molecule has 160 valence electrons. The minimum Gasteiger partial charge on any atom is -0.495 e. The third kappa shape index (κ3) is 4.54. The Morgan fingerprint density at radius 1 is 1.13 bits per heavy atom. The maximum atomic E-state index is 9.53. The van der Waals surface area contributed by atoms with Crippen molar-refractivity contribution in [2.45, 2.75) is 13.5 Å². The van der Waals surface area contributed by atoms with Gasteiger partial charge in [0.15, 0.2) is 6.61 Å². The van der Waals surface area contributed by atoms with Gasteiger partial charge in [-0.3, -0.25) is 0 Å². The lowest BCUT2D eigenvalue weighted by Crippen LogP contribution is -2.46. The van der Waals surface area contributed by atoms with Crippen LogP contribution in [0.4, 0.5) is 11.6 Å². The van der Waals surface area contributed by atoms with Gasteiger partial charge in [-0.25, -0.2) is 0 Å². The van der Waals surface area contributed by atoms with Gasteiger partial charge in [-0.2, -0.15) is 10.2 Å². The number of piperazine rings is 1. The Kier molecular flexibility index (Phi) is 6.19. The zero-order valence-corrected chi connectivity index (χ0v) is 18.2. The molecule has 1 aliphatic heterocycles. The SMILES string of the molecule is COc1ccccc1N1CCN(c2oc(COc3ccc(Cl)c(C)c3)nc2C#N)CC1. The summed E-state index contributed by atoms with van der Waals surface area (Å²) in [7, 11) is 1.68. The largest absolute Gasteiger partial charge is 0.495 e. The predicted molar refractivity (Wildman–Crippen MR) is 119 cm³/mol. The van der Waals surface area contributed by atoms with Crippen LogP contribution in [0.5, 0.6) is 11.5 Å². The number of benzene rings is 2. The van der Waals surface area contributed by atoms with Crippen LogP contribution in [-0.2, 0) is 6.61 Å². The fraction of sp³-hybridized carbons (Fsp3) is 0.304. The molecule has 0 radical (unpaired) electrons. The molecule has 8 heteroatoms. The third-order valence-corrected chi connectivity index (χ3v) is 5.67. The Balaban J connectivity index is 1.42.